The second-order valence-corrected chi connectivity index (χ2v) is 6.29. The Labute approximate surface area is 149 Å². The molecular formula is C17H20N6O3. The molecule has 1 fully saturated rings. The fraction of sp³-hybridized carbons (Fsp3) is 0.412. The minimum Gasteiger partial charge on any atom is -0.493 e. The number of hydrogen-bond donors (Lipinski definition) is 2. The Bertz CT molecular complexity index is 941. The lowest BCUT2D eigenvalue weighted by Crippen LogP contribution is -2.33. The molecule has 1 aliphatic rings. The standard InChI is InChI=1S/C17H20N6O3/c1-10-12-6-3-7-13(25-2)15(12)26-14(10)16(24)19-17-20-21-22-23(17)11-5-4-8-18-9-11/h3,6-7,11,18H,4-5,8-9H2,1-2H3,(H,19,20,22,24). The van der Waals surface area contributed by atoms with E-state index in [9.17, 15) is 4.79 Å². The lowest BCUT2D eigenvalue weighted by atomic mass is 10.1. The molecule has 3 aromatic rings. The van der Waals surface area contributed by atoms with Crippen LogP contribution in [-0.2, 0) is 0 Å². The van der Waals surface area contributed by atoms with Crippen molar-refractivity contribution in [2.24, 2.45) is 0 Å². The molecule has 1 aromatic carbocycles. The number of aryl methyl sites for hydroxylation is 1. The van der Waals surface area contributed by atoms with E-state index < -0.39 is 0 Å². The quantitative estimate of drug-likeness (QED) is 0.735. The van der Waals surface area contributed by atoms with Crippen molar-refractivity contribution in [2.45, 2.75) is 25.8 Å². The van der Waals surface area contributed by atoms with E-state index in [1.54, 1.807) is 17.9 Å². The first-order valence-electron chi connectivity index (χ1n) is 8.55. The monoisotopic (exact) mass is 356 g/mol. The first kappa shape index (κ1) is 16.5. The van der Waals surface area contributed by atoms with E-state index in [-0.39, 0.29) is 17.7 Å². The van der Waals surface area contributed by atoms with Gasteiger partial charge in [0, 0.05) is 17.5 Å². The fourth-order valence-corrected chi connectivity index (χ4v) is 3.32. The number of amides is 1. The van der Waals surface area contributed by atoms with Crippen LogP contribution in [0.15, 0.2) is 22.6 Å². The molecule has 3 heterocycles. The Morgan fingerprint density at radius 2 is 2.35 bits per heavy atom. The van der Waals surface area contributed by atoms with Crippen LogP contribution in [0.5, 0.6) is 5.75 Å². The Morgan fingerprint density at radius 1 is 1.46 bits per heavy atom. The zero-order chi connectivity index (χ0) is 18.1. The van der Waals surface area contributed by atoms with Gasteiger partial charge in [0.25, 0.3) is 5.91 Å². The van der Waals surface area contributed by atoms with E-state index in [2.05, 4.69) is 26.2 Å². The highest BCUT2D eigenvalue weighted by atomic mass is 16.5. The molecule has 0 aliphatic carbocycles. The second kappa shape index (κ2) is 6.75. The third-order valence-corrected chi connectivity index (χ3v) is 4.69. The number of carbonyl (C=O) groups excluding carboxylic acids is 1. The van der Waals surface area contributed by atoms with Gasteiger partial charge in [-0.05, 0) is 42.8 Å². The number of anilines is 1. The number of nitrogens with zero attached hydrogens (tertiary/aromatic N) is 4. The number of ether oxygens (including phenoxy) is 1. The van der Waals surface area contributed by atoms with Crippen molar-refractivity contribution in [1.29, 1.82) is 0 Å². The zero-order valence-corrected chi connectivity index (χ0v) is 14.7. The Morgan fingerprint density at radius 3 is 3.12 bits per heavy atom. The number of rotatable bonds is 4. The van der Waals surface area contributed by atoms with Crippen molar-refractivity contribution in [1.82, 2.24) is 25.5 Å². The summed E-state index contributed by atoms with van der Waals surface area (Å²) in [6, 6.07) is 5.67. The van der Waals surface area contributed by atoms with Gasteiger partial charge in [-0.15, -0.1) is 0 Å². The number of para-hydroxylation sites is 1. The number of fused-ring (bicyclic) bond motifs is 1. The number of tetrazole rings is 1. The van der Waals surface area contributed by atoms with E-state index in [1.165, 1.54) is 0 Å². The first-order chi connectivity index (χ1) is 12.7. The van der Waals surface area contributed by atoms with Gasteiger partial charge in [-0.1, -0.05) is 17.2 Å². The first-order valence-corrected chi connectivity index (χ1v) is 8.55. The van der Waals surface area contributed by atoms with Crippen LogP contribution in [0.1, 0.15) is 35.0 Å². The van der Waals surface area contributed by atoms with Gasteiger partial charge in [0.15, 0.2) is 17.1 Å². The highest BCUT2D eigenvalue weighted by Gasteiger charge is 2.24. The smallest absolute Gasteiger partial charge is 0.294 e. The Balaban J connectivity index is 1.63. The normalized spacial score (nSPS) is 17.4. The average molecular weight is 356 g/mol. The summed E-state index contributed by atoms with van der Waals surface area (Å²) < 4.78 is 12.8. The number of hydrogen-bond acceptors (Lipinski definition) is 7. The van der Waals surface area contributed by atoms with Crippen molar-refractivity contribution >= 4 is 22.8 Å². The SMILES string of the molecule is COc1cccc2c(C)c(C(=O)Nc3nnnn3C3CCCNC3)oc12. The molecule has 0 spiro atoms. The maximum Gasteiger partial charge on any atom is 0.294 e. The molecule has 2 N–H and O–H groups in total. The average Bonchev–Trinajstić information content (AvgIpc) is 3.27. The number of furan rings is 1. The van der Waals surface area contributed by atoms with Crippen LogP contribution in [0.4, 0.5) is 5.95 Å². The summed E-state index contributed by atoms with van der Waals surface area (Å²) in [6.45, 7) is 3.60. The van der Waals surface area contributed by atoms with Gasteiger partial charge in [-0.3, -0.25) is 10.1 Å². The molecule has 1 amide bonds. The van der Waals surface area contributed by atoms with Crippen molar-refractivity contribution < 1.29 is 13.9 Å². The van der Waals surface area contributed by atoms with Crippen LogP contribution in [0, 0.1) is 6.92 Å². The van der Waals surface area contributed by atoms with Crippen LogP contribution >= 0.6 is 0 Å². The summed E-state index contributed by atoms with van der Waals surface area (Å²) in [6.07, 6.45) is 2.00. The van der Waals surface area contributed by atoms with Crippen molar-refractivity contribution in [3.05, 3.63) is 29.5 Å². The molecule has 1 saturated heterocycles. The fourth-order valence-electron chi connectivity index (χ4n) is 3.32. The molecule has 1 atom stereocenters. The van der Waals surface area contributed by atoms with Crippen LogP contribution in [-0.4, -0.2) is 46.3 Å². The van der Waals surface area contributed by atoms with Crippen LogP contribution in [0.2, 0.25) is 0 Å². The van der Waals surface area contributed by atoms with E-state index in [1.807, 2.05) is 19.1 Å². The number of aromatic nitrogens is 4. The van der Waals surface area contributed by atoms with E-state index in [0.717, 1.165) is 36.9 Å². The molecule has 1 aliphatic heterocycles. The summed E-state index contributed by atoms with van der Waals surface area (Å²) in [7, 11) is 1.57. The van der Waals surface area contributed by atoms with Gasteiger partial charge in [-0.25, -0.2) is 4.68 Å². The van der Waals surface area contributed by atoms with Crippen LogP contribution in [0.3, 0.4) is 0 Å². The second-order valence-electron chi connectivity index (χ2n) is 6.29. The lowest BCUT2D eigenvalue weighted by Gasteiger charge is -2.23. The number of piperidine rings is 1. The van der Waals surface area contributed by atoms with Gasteiger partial charge in [0.05, 0.1) is 13.2 Å². The maximum atomic E-state index is 12.8. The zero-order valence-electron chi connectivity index (χ0n) is 14.7. The highest BCUT2D eigenvalue weighted by Crippen LogP contribution is 2.32. The predicted octanol–water partition coefficient (Wildman–Crippen LogP) is 1.91. The molecule has 9 heteroatoms. The van der Waals surface area contributed by atoms with E-state index in [4.69, 9.17) is 9.15 Å². The largest absolute Gasteiger partial charge is 0.493 e. The Hall–Kier alpha value is -2.94. The number of methoxy groups -OCH3 is 1. The minimum absolute atomic E-state index is 0.117. The third-order valence-electron chi connectivity index (χ3n) is 4.69. The highest BCUT2D eigenvalue weighted by molar-refractivity contribution is 6.06. The van der Waals surface area contributed by atoms with Gasteiger partial charge in [0.1, 0.15) is 0 Å². The summed E-state index contributed by atoms with van der Waals surface area (Å²) in [5.74, 6) is 0.736. The molecule has 0 bridgehead atoms. The van der Waals surface area contributed by atoms with Gasteiger partial charge >= 0.3 is 0 Å². The van der Waals surface area contributed by atoms with Gasteiger partial charge in [0.2, 0.25) is 5.95 Å². The maximum absolute atomic E-state index is 12.8. The molecule has 9 nitrogen and oxygen atoms in total. The number of benzene rings is 1. The molecule has 2 aromatic heterocycles. The van der Waals surface area contributed by atoms with Crippen LogP contribution in [0.25, 0.3) is 11.0 Å². The van der Waals surface area contributed by atoms with E-state index in [0.29, 0.717) is 17.3 Å². The number of carbonyl (C=O) groups is 1. The van der Waals surface area contributed by atoms with Crippen molar-refractivity contribution in [3.63, 3.8) is 0 Å². The summed E-state index contributed by atoms with van der Waals surface area (Å²) >= 11 is 0. The van der Waals surface area contributed by atoms with E-state index >= 15 is 0 Å². The topological polar surface area (TPSA) is 107 Å². The number of nitrogens with one attached hydrogen (secondary N) is 2. The summed E-state index contributed by atoms with van der Waals surface area (Å²) in [4.78, 5) is 12.8. The molecule has 26 heavy (non-hydrogen) atoms. The minimum atomic E-state index is -0.388. The summed E-state index contributed by atoms with van der Waals surface area (Å²) in [5.41, 5.74) is 1.29. The molecule has 1 unspecified atom stereocenters. The molecule has 136 valence electrons. The Kier molecular flexibility index (Phi) is 4.29. The van der Waals surface area contributed by atoms with Gasteiger partial charge in [-0.2, -0.15) is 0 Å². The molecule has 0 radical (unpaired) electrons. The summed E-state index contributed by atoms with van der Waals surface area (Å²) in [5, 5.41) is 18.6. The van der Waals surface area contributed by atoms with Crippen LogP contribution < -0.4 is 15.4 Å². The molecule has 4 rings (SSSR count). The van der Waals surface area contributed by atoms with Crippen molar-refractivity contribution in [2.75, 3.05) is 25.5 Å². The third kappa shape index (κ3) is 2.80. The van der Waals surface area contributed by atoms with Gasteiger partial charge < -0.3 is 14.5 Å². The van der Waals surface area contributed by atoms with Crippen molar-refractivity contribution in [3.8, 4) is 5.75 Å². The lowest BCUT2D eigenvalue weighted by molar-refractivity contribution is 0.0996. The predicted molar refractivity (Wildman–Crippen MR) is 94.4 cm³/mol. The molecular weight excluding hydrogens is 336 g/mol. The molecule has 0 saturated carbocycles.